The van der Waals surface area contributed by atoms with Crippen LogP contribution in [0.25, 0.3) is 22.0 Å². The van der Waals surface area contributed by atoms with Crippen LogP contribution in [0.2, 0.25) is 5.02 Å². The zero-order chi connectivity index (χ0) is 20.6. The second kappa shape index (κ2) is 10.2. The molecular weight excluding hydrogens is 472 g/mol. The van der Waals surface area contributed by atoms with Crippen molar-refractivity contribution in [3.63, 3.8) is 0 Å². The van der Waals surface area contributed by atoms with Crippen LogP contribution in [-0.4, -0.2) is 31.2 Å². The predicted molar refractivity (Wildman–Crippen MR) is 125 cm³/mol. The molecule has 3 aromatic rings. The largest absolute Gasteiger partial charge is 0.416 e. The summed E-state index contributed by atoms with van der Waals surface area (Å²) in [7, 11) is 0. The molecular formula is C21H22Cl3F3N4. The number of rotatable bonds is 3. The molecule has 1 aliphatic rings. The molecule has 1 aliphatic heterocycles. The number of benzene rings is 2. The number of piperazine rings is 1. The van der Waals surface area contributed by atoms with Crippen molar-refractivity contribution in [1.82, 2.24) is 10.3 Å². The first kappa shape index (κ1) is 25.5. The van der Waals surface area contributed by atoms with E-state index in [-0.39, 0.29) is 31.4 Å². The first-order valence-electron chi connectivity index (χ1n) is 9.33. The molecule has 0 radical (unpaired) electrons. The van der Waals surface area contributed by atoms with E-state index in [9.17, 15) is 13.2 Å². The molecule has 1 saturated heterocycles. The van der Waals surface area contributed by atoms with Gasteiger partial charge in [0.25, 0.3) is 0 Å². The van der Waals surface area contributed by atoms with Crippen LogP contribution in [0.15, 0.2) is 42.5 Å². The van der Waals surface area contributed by atoms with Gasteiger partial charge in [0.15, 0.2) is 0 Å². The van der Waals surface area contributed by atoms with Crippen LogP contribution in [0.1, 0.15) is 11.1 Å². The van der Waals surface area contributed by atoms with E-state index >= 15 is 0 Å². The highest BCUT2D eigenvalue weighted by Gasteiger charge is 2.31. The molecule has 0 amide bonds. The van der Waals surface area contributed by atoms with Crippen molar-refractivity contribution in [3.8, 4) is 11.1 Å². The van der Waals surface area contributed by atoms with Crippen LogP contribution in [0.4, 0.5) is 19.0 Å². The van der Waals surface area contributed by atoms with Gasteiger partial charge in [-0.1, -0.05) is 17.7 Å². The first-order valence-corrected chi connectivity index (χ1v) is 9.70. The second-order valence-corrected chi connectivity index (χ2v) is 7.47. The van der Waals surface area contributed by atoms with Gasteiger partial charge < -0.3 is 16.0 Å². The van der Waals surface area contributed by atoms with Gasteiger partial charge in [-0.3, -0.25) is 0 Å². The van der Waals surface area contributed by atoms with Gasteiger partial charge in [-0.15, -0.1) is 24.8 Å². The van der Waals surface area contributed by atoms with E-state index < -0.39 is 11.7 Å². The Balaban J connectivity index is 0.00000171. The minimum Gasteiger partial charge on any atom is -0.353 e. The molecule has 1 fully saturated rings. The van der Waals surface area contributed by atoms with Gasteiger partial charge in [0.2, 0.25) is 0 Å². The summed E-state index contributed by atoms with van der Waals surface area (Å²) in [6.07, 6.45) is -4.43. The van der Waals surface area contributed by atoms with Crippen LogP contribution in [0.5, 0.6) is 0 Å². The minimum atomic E-state index is -4.43. The Kier molecular flexibility index (Phi) is 8.41. The number of nitrogens with two attached hydrogens (primary N) is 1. The highest BCUT2D eigenvalue weighted by molar-refractivity contribution is 6.33. The molecule has 0 atom stereocenters. The van der Waals surface area contributed by atoms with Crippen molar-refractivity contribution in [2.45, 2.75) is 12.7 Å². The van der Waals surface area contributed by atoms with Crippen molar-refractivity contribution >= 4 is 53.1 Å². The van der Waals surface area contributed by atoms with Gasteiger partial charge in [0, 0.05) is 38.1 Å². The Labute approximate surface area is 195 Å². The molecule has 3 N–H and O–H groups in total. The van der Waals surface area contributed by atoms with E-state index in [1.165, 1.54) is 0 Å². The molecule has 4 rings (SSSR count). The van der Waals surface area contributed by atoms with Crippen LogP contribution in [-0.2, 0) is 12.7 Å². The van der Waals surface area contributed by atoms with Gasteiger partial charge in [0.1, 0.15) is 5.82 Å². The van der Waals surface area contributed by atoms with Crippen molar-refractivity contribution in [2.75, 3.05) is 31.1 Å². The topological polar surface area (TPSA) is 54.2 Å². The van der Waals surface area contributed by atoms with Gasteiger partial charge in [-0.25, -0.2) is 4.98 Å². The Morgan fingerprint density at radius 1 is 1.00 bits per heavy atom. The third kappa shape index (κ3) is 5.54. The number of aromatic nitrogens is 1. The number of hydrogen-bond acceptors (Lipinski definition) is 4. The summed E-state index contributed by atoms with van der Waals surface area (Å²) in [5.41, 5.74) is 7.19. The molecule has 168 valence electrons. The van der Waals surface area contributed by atoms with E-state index in [0.717, 1.165) is 55.0 Å². The van der Waals surface area contributed by atoms with E-state index in [2.05, 4.69) is 15.2 Å². The van der Waals surface area contributed by atoms with Gasteiger partial charge >= 0.3 is 6.18 Å². The molecule has 0 spiro atoms. The average molecular weight is 494 g/mol. The zero-order valence-corrected chi connectivity index (χ0v) is 18.8. The number of anilines is 1. The van der Waals surface area contributed by atoms with Crippen molar-refractivity contribution in [2.24, 2.45) is 5.73 Å². The highest BCUT2D eigenvalue weighted by atomic mass is 35.5. The van der Waals surface area contributed by atoms with E-state index in [4.69, 9.17) is 17.3 Å². The molecule has 1 aromatic heterocycles. The molecule has 2 heterocycles. The number of fused-ring (bicyclic) bond motifs is 1. The smallest absolute Gasteiger partial charge is 0.353 e. The quantitative estimate of drug-likeness (QED) is 0.521. The number of nitrogens with one attached hydrogen (secondary N) is 1. The lowest BCUT2D eigenvalue weighted by molar-refractivity contribution is -0.137. The van der Waals surface area contributed by atoms with Crippen LogP contribution in [0.3, 0.4) is 0 Å². The Hall–Kier alpha value is -1.77. The summed E-state index contributed by atoms with van der Waals surface area (Å²) in [5, 5.41) is 4.60. The fraction of sp³-hybridized carbons (Fsp3) is 0.286. The Morgan fingerprint density at radius 2 is 1.71 bits per heavy atom. The third-order valence-electron chi connectivity index (χ3n) is 5.06. The lowest BCUT2D eigenvalue weighted by Crippen LogP contribution is -2.44. The maximum absolute atomic E-state index is 13.2. The molecule has 0 aliphatic carbocycles. The number of alkyl halides is 3. The average Bonchev–Trinajstić information content (AvgIpc) is 2.72. The van der Waals surface area contributed by atoms with Crippen LogP contribution in [0, 0.1) is 0 Å². The fourth-order valence-electron chi connectivity index (χ4n) is 3.56. The van der Waals surface area contributed by atoms with Gasteiger partial charge in [0.05, 0.1) is 16.1 Å². The van der Waals surface area contributed by atoms with E-state index in [0.29, 0.717) is 21.7 Å². The third-order valence-corrected chi connectivity index (χ3v) is 5.33. The van der Waals surface area contributed by atoms with Crippen LogP contribution >= 0.6 is 36.4 Å². The predicted octanol–water partition coefficient (Wildman–Crippen LogP) is 5.29. The summed E-state index contributed by atoms with van der Waals surface area (Å²) in [6.45, 7) is 3.42. The lowest BCUT2D eigenvalue weighted by Gasteiger charge is -2.29. The molecule has 0 saturated carbocycles. The zero-order valence-electron chi connectivity index (χ0n) is 16.4. The van der Waals surface area contributed by atoms with Crippen LogP contribution < -0.4 is 16.0 Å². The maximum atomic E-state index is 13.2. The van der Waals surface area contributed by atoms with Crippen molar-refractivity contribution in [1.29, 1.82) is 0 Å². The first-order chi connectivity index (χ1) is 13.8. The standard InChI is InChI=1S/C21H20ClF3N4.2ClH/c22-18-11-16-9-14(15-7-13(12-26)8-17(10-15)21(23,24)25)1-2-19(16)28-20(18)29-5-3-27-4-6-29;;/h1-2,7-11,27H,3-6,12,26H2;2*1H. The van der Waals surface area contributed by atoms with Gasteiger partial charge in [-0.05, 0) is 53.1 Å². The lowest BCUT2D eigenvalue weighted by atomic mass is 9.98. The molecule has 10 heteroatoms. The van der Waals surface area contributed by atoms with Crippen molar-refractivity contribution in [3.05, 3.63) is 58.6 Å². The Bertz CT molecular complexity index is 1050. The summed E-state index contributed by atoms with van der Waals surface area (Å²) in [5.74, 6) is 0.734. The van der Waals surface area contributed by atoms with Gasteiger partial charge in [-0.2, -0.15) is 13.2 Å². The SMILES string of the molecule is Cl.Cl.NCc1cc(-c2ccc3nc(N4CCNCC4)c(Cl)cc3c2)cc(C(F)(F)F)c1. The minimum absolute atomic E-state index is 0. The molecule has 4 nitrogen and oxygen atoms in total. The fourth-order valence-corrected chi connectivity index (χ4v) is 3.84. The normalized spacial score (nSPS) is 14.2. The monoisotopic (exact) mass is 492 g/mol. The van der Waals surface area contributed by atoms with E-state index in [1.54, 1.807) is 12.1 Å². The molecule has 31 heavy (non-hydrogen) atoms. The summed E-state index contributed by atoms with van der Waals surface area (Å²) in [6, 6.07) is 11.1. The Morgan fingerprint density at radius 3 is 2.35 bits per heavy atom. The maximum Gasteiger partial charge on any atom is 0.416 e. The summed E-state index contributed by atoms with van der Waals surface area (Å²) in [4.78, 5) is 6.82. The summed E-state index contributed by atoms with van der Waals surface area (Å²) >= 11 is 6.48. The molecule has 0 bridgehead atoms. The van der Waals surface area contributed by atoms with Crippen molar-refractivity contribution < 1.29 is 13.2 Å². The number of nitrogens with zero attached hydrogens (tertiary/aromatic N) is 2. The molecule has 0 unspecified atom stereocenters. The van der Waals surface area contributed by atoms with E-state index in [1.807, 2.05) is 18.2 Å². The highest BCUT2D eigenvalue weighted by Crippen LogP contribution is 2.35. The number of hydrogen-bond donors (Lipinski definition) is 2. The summed E-state index contributed by atoms with van der Waals surface area (Å²) < 4.78 is 39.7. The number of halogens is 6. The number of pyridine rings is 1. The second-order valence-electron chi connectivity index (χ2n) is 7.06. The molecule has 2 aromatic carbocycles.